The Hall–Kier alpha value is -1.79. The Morgan fingerprint density at radius 3 is 2.43 bits per heavy atom. The van der Waals surface area contributed by atoms with Crippen molar-refractivity contribution in [2.24, 2.45) is 5.73 Å². The van der Waals surface area contributed by atoms with Crippen molar-refractivity contribution < 1.29 is 9.53 Å². The van der Waals surface area contributed by atoms with E-state index in [0.717, 1.165) is 36.4 Å². The van der Waals surface area contributed by atoms with Crippen LogP contribution in [0.4, 0.5) is 0 Å². The van der Waals surface area contributed by atoms with Crippen LogP contribution < -0.4 is 10.5 Å². The Labute approximate surface area is 179 Å². The Balaban J connectivity index is 0.00000196. The van der Waals surface area contributed by atoms with E-state index >= 15 is 0 Å². The molecule has 1 unspecified atom stereocenters. The van der Waals surface area contributed by atoms with Crippen LogP contribution in [-0.4, -0.2) is 62.1 Å². The van der Waals surface area contributed by atoms with Gasteiger partial charge in [0, 0.05) is 36.8 Å². The van der Waals surface area contributed by atoms with Crippen molar-refractivity contribution in [3.8, 4) is 16.9 Å². The molecule has 1 fully saturated rings. The van der Waals surface area contributed by atoms with Crippen LogP contribution in [0.5, 0.6) is 5.75 Å². The van der Waals surface area contributed by atoms with Gasteiger partial charge in [0.15, 0.2) is 0 Å². The predicted molar refractivity (Wildman–Crippen MR) is 119 cm³/mol. The minimum absolute atomic E-state index is 0. The summed E-state index contributed by atoms with van der Waals surface area (Å²) in [6.07, 6.45) is 0.876. The summed E-state index contributed by atoms with van der Waals surface area (Å²) in [5.74, 6) is 0.916. The number of carbonyl (C=O) groups excluding carboxylic acids is 1. The molecule has 0 saturated carbocycles. The largest absolute Gasteiger partial charge is 0.492 e. The molecule has 2 aromatic carbocycles. The van der Waals surface area contributed by atoms with E-state index in [-0.39, 0.29) is 36.8 Å². The molecule has 5 nitrogen and oxygen atoms in total. The van der Waals surface area contributed by atoms with Gasteiger partial charge >= 0.3 is 0 Å². The molecule has 1 atom stereocenters. The lowest BCUT2D eigenvalue weighted by molar-refractivity contribution is 0.0791. The van der Waals surface area contributed by atoms with Crippen molar-refractivity contribution in [3.63, 3.8) is 0 Å². The SMILES string of the molecule is CN(C)CCOc1ccccc1-c1ccc(C(=O)N2CCC(N)C2)cc1.Cl.Cl. The summed E-state index contributed by atoms with van der Waals surface area (Å²) in [5, 5.41) is 0. The van der Waals surface area contributed by atoms with Crippen LogP contribution in [-0.2, 0) is 0 Å². The number of likely N-dealkylation sites (tertiary alicyclic amines) is 1. The molecule has 3 rings (SSSR count). The fraction of sp³-hybridized carbons (Fsp3) is 0.381. The van der Waals surface area contributed by atoms with Crippen molar-refractivity contribution in [3.05, 3.63) is 54.1 Å². The molecular weight excluding hydrogens is 397 g/mol. The Kier molecular flexibility index (Phi) is 9.76. The number of ether oxygens (including phenoxy) is 1. The third kappa shape index (κ3) is 6.11. The van der Waals surface area contributed by atoms with Gasteiger partial charge in [-0.25, -0.2) is 0 Å². The maximum absolute atomic E-state index is 12.6. The van der Waals surface area contributed by atoms with Crippen LogP contribution in [0.25, 0.3) is 11.1 Å². The Bertz CT molecular complexity index is 754. The first kappa shape index (κ1) is 24.2. The van der Waals surface area contributed by atoms with E-state index in [9.17, 15) is 4.79 Å². The number of rotatable bonds is 6. The van der Waals surface area contributed by atoms with E-state index in [2.05, 4.69) is 4.90 Å². The van der Waals surface area contributed by atoms with Gasteiger partial charge in [-0.3, -0.25) is 4.79 Å². The summed E-state index contributed by atoms with van der Waals surface area (Å²) in [4.78, 5) is 16.5. The Morgan fingerprint density at radius 2 is 1.82 bits per heavy atom. The molecule has 2 aromatic rings. The highest BCUT2D eigenvalue weighted by Crippen LogP contribution is 2.30. The zero-order chi connectivity index (χ0) is 18.5. The number of nitrogens with zero attached hydrogens (tertiary/aromatic N) is 2. The molecule has 0 aromatic heterocycles. The first-order valence-corrected chi connectivity index (χ1v) is 9.06. The lowest BCUT2D eigenvalue weighted by Crippen LogP contribution is -2.31. The number of likely N-dealkylation sites (N-methyl/N-ethyl adjacent to an activating group) is 1. The van der Waals surface area contributed by atoms with Gasteiger partial charge in [0.25, 0.3) is 5.91 Å². The summed E-state index contributed by atoms with van der Waals surface area (Å²) in [6.45, 7) is 2.88. The maximum atomic E-state index is 12.6. The normalized spacial score (nSPS) is 15.7. The molecule has 1 aliphatic heterocycles. The van der Waals surface area contributed by atoms with Gasteiger partial charge in [-0.2, -0.15) is 0 Å². The highest BCUT2D eigenvalue weighted by Gasteiger charge is 2.24. The van der Waals surface area contributed by atoms with Gasteiger partial charge in [-0.05, 0) is 44.3 Å². The van der Waals surface area contributed by atoms with E-state index in [1.807, 2.05) is 67.5 Å². The first-order valence-electron chi connectivity index (χ1n) is 9.06. The molecule has 1 saturated heterocycles. The monoisotopic (exact) mass is 425 g/mol. The third-order valence-electron chi connectivity index (χ3n) is 4.64. The molecule has 0 bridgehead atoms. The fourth-order valence-electron chi connectivity index (χ4n) is 3.12. The Morgan fingerprint density at radius 1 is 1.14 bits per heavy atom. The molecule has 154 valence electrons. The molecule has 1 aliphatic rings. The molecule has 2 N–H and O–H groups in total. The molecule has 1 heterocycles. The zero-order valence-electron chi connectivity index (χ0n) is 16.3. The predicted octanol–water partition coefficient (Wildman–Crippen LogP) is 3.31. The molecule has 7 heteroatoms. The number of carbonyl (C=O) groups is 1. The molecular formula is C21H29Cl2N3O2. The standard InChI is InChI=1S/C21H27N3O2.2ClH/c1-23(2)13-14-26-20-6-4-3-5-19(20)16-7-9-17(10-8-16)21(25)24-12-11-18(22)15-24;;/h3-10,18H,11-15,22H2,1-2H3;2*1H. The minimum atomic E-state index is 0. The number of nitrogens with two attached hydrogens (primary N) is 1. The average Bonchev–Trinajstić information content (AvgIpc) is 3.08. The second-order valence-electron chi connectivity index (χ2n) is 7.03. The summed E-state index contributed by atoms with van der Waals surface area (Å²) < 4.78 is 5.94. The molecule has 0 radical (unpaired) electrons. The highest BCUT2D eigenvalue weighted by atomic mass is 35.5. The maximum Gasteiger partial charge on any atom is 0.253 e. The van der Waals surface area contributed by atoms with Crippen LogP contribution in [0.3, 0.4) is 0 Å². The van der Waals surface area contributed by atoms with Gasteiger partial charge in [-0.15, -0.1) is 24.8 Å². The van der Waals surface area contributed by atoms with Gasteiger partial charge in [0.1, 0.15) is 12.4 Å². The lowest BCUT2D eigenvalue weighted by atomic mass is 10.0. The molecule has 0 aliphatic carbocycles. The summed E-state index contributed by atoms with van der Waals surface area (Å²) >= 11 is 0. The first-order chi connectivity index (χ1) is 12.5. The van der Waals surface area contributed by atoms with E-state index in [0.29, 0.717) is 18.7 Å². The highest BCUT2D eigenvalue weighted by molar-refractivity contribution is 5.95. The number of hydrogen-bond acceptors (Lipinski definition) is 4. The summed E-state index contributed by atoms with van der Waals surface area (Å²) in [5.41, 5.74) is 8.69. The quantitative estimate of drug-likeness (QED) is 0.770. The van der Waals surface area contributed by atoms with E-state index in [1.54, 1.807) is 0 Å². The number of benzene rings is 2. The zero-order valence-corrected chi connectivity index (χ0v) is 18.0. The number of halogens is 2. The molecule has 28 heavy (non-hydrogen) atoms. The second kappa shape index (κ2) is 11.3. The minimum Gasteiger partial charge on any atom is -0.492 e. The molecule has 0 spiro atoms. The van der Waals surface area contributed by atoms with Gasteiger partial charge < -0.3 is 20.3 Å². The van der Waals surface area contributed by atoms with Crippen molar-refractivity contribution in [1.29, 1.82) is 0 Å². The van der Waals surface area contributed by atoms with Crippen LogP contribution in [0.1, 0.15) is 16.8 Å². The fourth-order valence-corrected chi connectivity index (χ4v) is 3.12. The average molecular weight is 426 g/mol. The van der Waals surface area contributed by atoms with Crippen molar-refractivity contribution in [2.75, 3.05) is 40.3 Å². The van der Waals surface area contributed by atoms with E-state index < -0.39 is 0 Å². The van der Waals surface area contributed by atoms with Crippen molar-refractivity contribution in [1.82, 2.24) is 9.80 Å². The van der Waals surface area contributed by atoms with Crippen LogP contribution in [0.15, 0.2) is 48.5 Å². The van der Waals surface area contributed by atoms with E-state index in [4.69, 9.17) is 10.5 Å². The summed E-state index contributed by atoms with van der Waals surface area (Å²) in [6, 6.07) is 15.8. The van der Waals surface area contributed by atoms with Gasteiger partial charge in [0.05, 0.1) is 0 Å². The van der Waals surface area contributed by atoms with Crippen LogP contribution in [0.2, 0.25) is 0 Å². The number of amides is 1. The third-order valence-corrected chi connectivity index (χ3v) is 4.64. The molecule has 1 amide bonds. The number of para-hydroxylation sites is 1. The smallest absolute Gasteiger partial charge is 0.253 e. The van der Waals surface area contributed by atoms with Gasteiger partial charge in [0.2, 0.25) is 0 Å². The van der Waals surface area contributed by atoms with E-state index in [1.165, 1.54) is 0 Å². The van der Waals surface area contributed by atoms with Crippen molar-refractivity contribution >= 4 is 30.7 Å². The van der Waals surface area contributed by atoms with Crippen LogP contribution >= 0.6 is 24.8 Å². The number of hydrogen-bond donors (Lipinski definition) is 1. The van der Waals surface area contributed by atoms with Gasteiger partial charge in [-0.1, -0.05) is 30.3 Å². The van der Waals surface area contributed by atoms with Crippen molar-refractivity contribution in [2.45, 2.75) is 12.5 Å². The lowest BCUT2D eigenvalue weighted by Gasteiger charge is -2.16. The topological polar surface area (TPSA) is 58.8 Å². The van der Waals surface area contributed by atoms with Crippen LogP contribution in [0, 0.1) is 0 Å². The second-order valence-corrected chi connectivity index (χ2v) is 7.03. The summed E-state index contributed by atoms with van der Waals surface area (Å²) in [7, 11) is 4.05.